The quantitative estimate of drug-likeness (QED) is 0.716. The molecule has 0 aliphatic heterocycles. The third-order valence-electron chi connectivity index (χ3n) is 3.56. The SMILES string of the molecule is Cc1ccc(N(CC(=O)NC(C)(C)C)C(=O)c2snc(C(N)=O)c2N)cc1. The van der Waals surface area contributed by atoms with Crippen molar-refractivity contribution in [1.29, 1.82) is 0 Å². The molecule has 1 aromatic heterocycles. The molecule has 2 aromatic rings. The number of hydrogen-bond acceptors (Lipinski definition) is 6. The van der Waals surface area contributed by atoms with E-state index >= 15 is 0 Å². The third kappa shape index (κ3) is 5.04. The molecule has 0 unspecified atom stereocenters. The molecule has 0 aliphatic carbocycles. The molecule has 8 nitrogen and oxygen atoms in total. The first-order chi connectivity index (χ1) is 12.5. The number of nitrogens with two attached hydrogens (primary N) is 2. The van der Waals surface area contributed by atoms with Gasteiger partial charge in [0.2, 0.25) is 5.91 Å². The van der Waals surface area contributed by atoms with Gasteiger partial charge in [-0.3, -0.25) is 19.3 Å². The first-order valence-corrected chi connectivity index (χ1v) is 9.01. The smallest absolute Gasteiger partial charge is 0.272 e. The lowest BCUT2D eigenvalue weighted by molar-refractivity contribution is -0.121. The summed E-state index contributed by atoms with van der Waals surface area (Å²) in [4.78, 5) is 38.2. The highest BCUT2D eigenvalue weighted by atomic mass is 32.1. The molecule has 0 aliphatic rings. The number of nitrogen functional groups attached to an aromatic ring is 1. The van der Waals surface area contributed by atoms with Crippen molar-refractivity contribution in [3.63, 3.8) is 0 Å². The van der Waals surface area contributed by atoms with Crippen LogP contribution in [0.2, 0.25) is 0 Å². The molecule has 0 radical (unpaired) electrons. The standard InChI is InChI=1S/C18H23N5O3S/c1-10-5-7-11(8-6-10)23(9-12(24)21-18(2,3)4)17(26)15-13(19)14(16(20)25)22-27-15/h5-8H,9,19H2,1-4H3,(H2,20,25)(H,21,24). The number of amides is 3. The lowest BCUT2D eigenvalue weighted by atomic mass is 10.1. The van der Waals surface area contributed by atoms with Gasteiger partial charge in [0.1, 0.15) is 11.4 Å². The summed E-state index contributed by atoms with van der Waals surface area (Å²) >= 11 is 0.780. The van der Waals surface area contributed by atoms with Gasteiger partial charge >= 0.3 is 0 Å². The topological polar surface area (TPSA) is 131 Å². The monoisotopic (exact) mass is 389 g/mol. The second-order valence-corrected chi connectivity index (χ2v) is 7.94. The molecule has 27 heavy (non-hydrogen) atoms. The van der Waals surface area contributed by atoms with Gasteiger partial charge in [-0.25, -0.2) is 0 Å². The molecular weight excluding hydrogens is 366 g/mol. The van der Waals surface area contributed by atoms with Crippen molar-refractivity contribution in [2.75, 3.05) is 17.2 Å². The Morgan fingerprint density at radius 1 is 1.19 bits per heavy atom. The maximum absolute atomic E-state index is 13.1. The summed E-state index contributed by atoms with van der Waals surface area (Å²) in [7, 11) is 0. The molecule has 1 heterocycles. The molecule has 0 fully saturated rings. The van der Waals surface area contributed by atoms with E-state index in [0.717, 1.165) is 17.1 Å². The molecule has 144 valence electrons. The summed E-state index contributed by atoms with van der Waals surface area (Å²) in [6, 6.07) is 7.15. The van der Waals surface area contributed by atoms with Gasteiger partial charge in [-0.1, -0.05) is 17.7 Å². The number of carbonyl (C=O) groups excluding carboxylic acids is 3. The number of benzene rings is 1. The molecule has 0 bridgehead atoms. The van der Waals surface area contributed by atoms with Crippen LogP contribution < -0.4 is 21.7 Å². The van der Waals surface area contributed by atoms with Crippen molar-refractivity contribution in [1.82, 2.24) is 9.69 Å². The number of primary amides is 1. The minimum Gasteiger partial charge on any atom is -0.395 e. The van der Waals surface area contributed by atoms with E-state index in [1.54, 1.807) is 12.1 Å². The summed E-state index contributed by atoms with van der Waals surface area (Å²) in [5.41, 5.74) is 12.0. The number of carbonyl (C=O) groups is 3. The predicted octanol–water partition coefficient (Wildman–Crippen LogP) is 1.69. The fraction of sp³-hybridized carbons (Fsp3) is 0.333. The van der Waals surface area contributed by atoms with Crippen molar-refractivity contribution < 1.29 is 14.4 Å². The minimum absolute atomic E-state index is 0.0629. The summed E-state index contributed by atoms with van der Waals surface area (Å²) < 4.78 is 3.86. The van der Waals surface area contributed by atoms with Crippen LogP contribution in [0.25, 0.3) is 0 Å². The Morgan fingerprint density at radius 3 is 2.26 bits per heavy atom. The molecule has 5 N–H and O–H groups in total. The van der Waals surface area contributed by atoms with Gasteiger partial charge in [0.05, 0.1) is 5.69 Å². The molecule has 0 saturated heterocycles. The van der Waals surface area contributed by atoms with E-state index in [0.29, 0.717) is 5.69 Å². The van der Waals surface area contributed by atoms with Crippen molar-refractivity contribution in [3.05, 3.63) is 40.4 Å². The van der Waals surface area contributed by atoms with Crippen LogP contribution in [0, 0.1) is 6.92 Å². The Morgan fingerprint density at radius 2 is 1.78 bits per heavy atom. The first kappa shape index (κ1) is 20.4. The number of hydrogen-bond donors (Lipinski definition) is 3. The van der Waals surface area contributed by atoms with Gasteiger partial charge in [0.15, 0.2) is 5.69 Å². The minimum atomic E-state index is -0.810. The molecule has 0 spiro atoms. The van der Waals surface area contributed by atoms with Gasteiger partial charge in [0.25, 0.3) is 11.8 Å². The molecule has 2 rings (SSSR count). The van der Waals surface area contributed by atoms with Crippen molar-refractivity contribution >= 4 is 40.6 Å². The molecule has 0 atom stereocenters. The lowest BCUT2D eigenvalue weighted by Crippen LogP contribution is -2.47. The average Bonchev–Trinajstić information content (AvgIpc) is 2.93. The number of nitrogens with zero attached hydrogens (tertiary/aromatic N) is 2. The van der Waals surface area contributed by atoms with E-state index in [2.05, 4.69) is 9.69 Å². The Kier molecular flexibility index (Phi) is 5.85. The Balaban J connectivity index is 2.39. The van der Waals surface area contributed by atoms with Crippen LogP contribution in [0.5, 0.6) is 0 Å². The Hall–Kier alpha value is -2.94. The zero-order valence-corrected chi connectivity index (χ0v) is 16.5. The van der Waals surface area contributed by atoms with E-state index < -0.39 is 17.4 Å². The van der Waals surface area contributed by atoms with E-state index in [9.17, 15) is 14.4 Å². The predicted molar refractivity (Wildman–Crippen MR) is 106 cm³/mol. The Bertz CT molecular complexity index is 868. The maximum atomic E-state index is 13.1. The largest absolute Gasteiger partial charge is 0.395 e. The molecule has 9 heteroatoms. The van der Waals surface area contributed by atoms with E-state index in [1.807, 2.05) is 39.8 Å². The average molecular weight is 389 g/mol. The number of anilines is 2. The lowest BCUT2D eigenvalue weighted by Gasteiger charge is -2.26. The summed E-state index contributed by atoms with van der Waals surface area (Å²) in [5, 5.41) is 2.82. The first-order valence-electron chi connectivity index (χ1n) is 8.24. The number of nitrogens with one attached hydrogen (secondary N) is 1. The number of rotatable bonds is 5. The third-order valence-corrected chi connectivity index (χ3v) is 4.41. The number of aryl methyl sites for hydroxylation is 1. The van der Waals surface area contributed by atoms with Crippen LogP contribution in [0.15, 0.2) is 24.3 Å². The normalized spacial score (nSPS) is 11.1. The van der Waals surface area contributed by atoms with E-state index in [4.69, 9.17) is 11.5 Å². The fourth-order valence-corrected chi connectivity index (χ4v) is 3.11. The second-order valence-electron chi connectivity index (χ2n) is 7.16. The Labute approximate surface area is 161 Å². The van der Waals surface area contributed by atoms with Gasteiger partial charge in [-0.15, -0.1) is 0 Å². The van der Waals surface area contributed by atoms with Gasteiger partial charge in [-0.05, 0) is 51.4 Å². The highest BCUT2D eigenvalue weighted by Crippen LogP contribution is 2.26. The molecule has 0 saturated carbocycles. The van der Waals surface area contributed by atoms with Gasteiger partial charge < -0.3 is 16.8 Å². The van der Waals surface area contributed by atoms with Gasteiger partial charge in [0, 0.05) is 11.2 Å². The van der Waals surface area contributed by atoms with Crippen LogP contribution in [-0.4, -0.2) is 34.2 Å². The highest BCUT2D eigenvalue weighted by molar-refractivity contribution is 7.09. The highest BCUT2D eigenvalue weighted by Gasteiger charge is 2.28. The van der Waals surface area contributed by atoms with Crippen LogP contribution in [-0.2, 0) is 4.79 Å². The second kappa shape index (κ2) is 7.75. The van der Waals surface area contributed by atoms with E-state index in [-0.39, 0.29) is 28.7 Å². The van der Waals surface area contributed by atoms with Crippen molar-refractivity contribution in [2.45, 2.75) is 33.2 Å². The zero-order valence-electron chi connectivity index (χ0n) is 15.7. The van der Waals surface area contributed by atoms with Gasteiger partial charge in [-0.2, -0.15) is 4.37 Å². The van der Waals surface area contributed by atoms with Crippen LogP contribution in [0.4, 0.5) is 11.4 Å². The van der Waals surface area contributed by atoms with Crippen LogP contribution >= 0.6 is 11.5 Å². The molecule has 3 amide bonds. The fourth-order valence-electron chi connectivity index (χ4n) is 2.36. The summed E-state index contributed by atoms with van der Waals surface area (Å²) in [5.74, 6) is -1.66. The van der Waals surface area contributed by atoms with Crippen molar-refractivity contribution in [2.24, 2.45) is 5.73 Å². The molecular formula is C18H23N5O3S. The van der Waals surface area contributed by atoms with E-state index in [1.165, 1.54) is 4.90 Å². The zero-order chi connectivity index (χ0) is 20.4. The maximum Gasteiger partial charge on any atom is 0.272 e. The summed E-state index contributed by atoms with van der Waals surface area (Å²) in [6.07, 6.45) is 0. The van der Waals surface area contributed by atoms with Crippen LogP contribution in [0.3, 0.4) is 0 Å². The van der Waals surface area contributed by atoms with Crippen molar-refractivity contribution in [3.8, 4) is 0 Å². The summed E-state index contributed by atoms with van der Waals surface area (Å²) in [6.45, 7) is 7.26. The number of aromatic nitrogens is 1. The van der Waals surface area contributed by atoms with Crippen LogP contribution in [0.1, 0.15) is 46.5 Å². The molecule has 1 aromatic carbocycles.